The number of imidazole rings is 1. The summed E-state index contributed by atoms with van der Waals surface area (Å²) in [5, 5.41) is 12.8. The highest BCUT2D eigenvalue weighted by Gasteiger charge is 2.30. The smallest absolute Gasteiger partial charge is 0.181 e. The molecule has 1 aliphatic rings. The molecule has 0 bridgehead atoms. The van der Waals surface area contributed by atoms with Crippen molar-refractivity contribution in [1.29, 1.82) is 0 Å². The molecule has 0 fully saturated rings. The Morgan fingerprint density at radius 1 is 1.31 bits per heavy atom. The Balaban J connectivity index is 0.00000168. The fraction of sp³-hybridized carbons (Fsp3) is 0.294. The summed E-state index contributed by atoms with van der Waals surface area (Å²) in [6, 6.07) is 4.01. The number of hydrogen-bond donors (Lipinski definition) is 2. The minimum absolute atomic E-state index is 0. The van der Waals surface area contributed by atoms with Gasteiger partial charge in [-0.2, -0.15) is 10.2 Å². The van der Waals surface area contributed by atoms with Crippen LogP contribution in [0.1, 0.15) is 28.6 Å². The largest absolute Gasteiger partial charge is 0.347 e. The van der Waals surface area contributed by atoms with Crippen molar-refractivity contribution in [2.24, 2.45) is 7.05 Å². The van der Waals surface area contributed by atoms with Crippen molar-refractivity contribution in [3.05, 3.63) is 59.7 Å². The highest BCUT2D eigenvalue weighted by molar-refractivity contribution is 5.85. The maximum Gasteiger partial charge on any atom is 0.181 e. The SMILES string of the molecule is Cl.Cn1cc(C2CN(Cc3[nH]nc4ncccc34)Cc3[nH]cnc32)cn1. The van der Waals surface area contributed by atoms with Gasteiger partial charge in [0.15, 0.2) is 5.65 Å². The Bertz CT molecular complexity index is 1030. The molecule has 4 aromatic heterocycles. The molecule has 5 heterocycles. The number of aromatic amines is 2. The summed E-state index contributed by atoms with van der Waals surface area (Å²) >= 11 is 0. The van der Waals surface area contributed by atoms with Crippen LogP contribution in [0.4, 0.5) is 0 Å². The lowest BCUT2D eigenvalue weighted by molar-refractivity contribution is 0.226. The van der Waals surface area contributed by atoms with Crippen LogP contribution >= 0.6 is 12.4 Å². The first kappa shape index (κ1) is 16.7. The van der Waals surface area contributed by atoms with Crippen LogP contribution in [0, 0.1) is 0 Å². The molecule has 2 N–H and O–H groups in total. The van der Waals surface area contributed by atoms with Gasteiger partial charge in [-0.15, -0.1) is 12.4 Å². The van der Waals surface area contributed by atoms with E-state index in [2.05, 4.69) is 47.4 Å². The number of rotatable bonds is 3. The van der Waals surface area contributed by atoms with E-state index in [0.717, 1.165) is 42.1 Å². The monoisotopic (exact) mass is 370 g/mol. The lowest BCUT2D eigenvalue weighted by Gasteiger charge is -2.31. The summed E-state index contributed by atoms with van der Waals surface area (Å²) in [5.74, 6) is 0.219. The number of nitrogens with zero attached hydrogens (tertiary/aromatic N) is 6. The highest BCUT2D eigenvalue weighted by atomic mass is 35.5. The molecule has 1 atom stereocenters. The molecule has 0 aliphatic carbocycles. The molecular formula is C17H19ClN8. The Morgan fingerprint density at radius 2 is 2.23 bits per heavy atom. The zero-order chi connectivity index (χ0) is 16.8. The summed E-state index contributed by atoms with van der Waals surface area (Å²) in [6.07, 6.45) is 7.56. The Labute approximate surface area is 156 Å². The summed E-state index contributed by atoms with van der Waals surface area (Å²) in [4.78, 5) is 14.5. The molecule has 8 nitrogen and oxygen atoms in total. The average molecular weight is 371 g/mol. The summed E-state index contributed by atoms with van der Waals surface area (Å²) < 4.78 is 1.84. The van der Waals surface area contributed by atoms with Gasteiger partial charge in [0.25, 0.3) is 0 Å². The van der Waals surface area contributed by atoms with Gasteiger partial charge in [-0.05, 0) is 12.1 Å². The minimum Gasteiger partial charge on any atom is -0.347 e. The van der Waals surface area contributed by atoms with Crippen molar-refractivity contribution < 1.29 is 0 Å². The molecule has 0 saturated carbocycles. The van der Waals surface area contributed by atoms with Crippen LogP contribution < -0.4 is 0 Å². The number of aromatic nitrogens is 7. The van der Waals surface area contributed by atoms with E-state index in [-0.39, 0.29) is 18.3 Å². The first-order chi connectivity index (χ1) is 12.3. The molecule has 134 valence electrons. The van der Waals surface area contributed by atoms with E-state index < -0.39 is 0 Å². The number of H-pyrrole nitrogens is 2. The van der Waals surface area contributed by atoms with E-state index >= 15 is 0 Å². The lowest BCUT2D eigenvalue weighted by atomic mass is 9.93. The molecule has 5 rings (SSSR count). The molecule has 0 spiro atoms. The molecule has 0 amide bonds. The lowest BCUT2D eigenvalue weighted by Crippen LogP contribution is -2.34. The van der Waals surface area contributed by atoms with Gasteiger partial charge >= 0.3 is 0 Å². The van der Waals surface area contributed by atoms with Crippen molar-refractivity contribution in [2.45, 2.75) is 19.0 Å². The number of fused-ring (bicyclic) bond motifs is 2. The van der Waals surface area contributed by atoms with Crippen LogP contribution in [0.25, 0.3) is 11.0 Å². The summed E-state index contributed by atoms with van der Waals surface area (Å²) in [5.41, 5.74) is 5.34. The Morgan fingerprint density at radius 3 is 3.08 bits per heavy atom. The van der Waals surface area contributed by atoms with Crippen LogP contribution in [0.3, 0.4) is 0 Å². The number of nitrogens with one attached hydrogen (secondary N) is 2. The van der Waals surface area contributed by atoms with Crippen molar-refractivity contribution in [2.75, 3.05) is 6.54 Å². The molecule has 1 aliphatic heterocycles. The standard InChI is InChI=1S/C17H18N8.ClH/c1-24-6-11(5-21-24)13-7-25(9-15-16(13)20-10-19-15)8-14-12-3-2-4-18-17(12)23-22-14;/h2-6,10,13H,7-9H2,1H3,(H,19,20)(H,18,22,23);1H. The van der Waals surface area contributed by atoms with Gasteiger partial charge in [0.05, 0.1) is 29.6 Å². The van der Waals surface area contributed by atoms with Crippen LogP contribution in [-0.4, -0.2) is 46.4 Å². The van der Waals surface area contributed by atoms with Crippen LogP contribution in [0.2, 0.25) is 0 Å². The van der Waals surface area contributed by atoms with Crippen molar-refractivity contribution in [3.8, 4) is 0 Å². The number of aryl methyl sites for hydroxylation is 1. The van der Waals surface area contributed by atoms with Crippen molar-refractivity contribution >= 4 is 23.4 Å². The fourth-order valence-electron chi connectivity index (χ4n) is 3.64. The average Bonchev–Trinajstić information content (AvgIpc) is 3.34. The quantitative estimate of drug-likeness (QED) is 0.575. The third-order valence-electron chi connectivity index (χ3n) is 4.82. The van der Waals surface area contributed by atoms with Gasteiger partial charge in [0.1, 0.15) is 0 Å². The van der Waals surface area contributed by atoms with E-state index in [9.17, 15) is 0 Å². The summed E-state index contributed by atoms with van der Waals surface area (Å²) in [7, 11) is 1.94. The number of pyridine rings is 1. The van der Waals surface area contributed by atoms with Gasteiger partial charge in [-0.3, -0.25) is 14.7 Å². The third kappa shape index (κ3) is 2.77. The summed E-state index contributed by atoms with van der Waals surface area (Å²) in [6.45, 7) is 2.52. The van der Waals surface area contributed by atoms with Crippen molar-refractivity contribution in [1.82, 2.24) is 39.8 Å². The predicted octanol–water partition coefficient (Wildman–Crippen LogP) is 1.98. The van der Waals surface area contributed by atoms with E-state index in [0.29, 0.717) is 0 Å². The second-order valence-corrected chi connectivity index (χ2v) is 6.51. The maximum absolute atomic E-state index is 4.56. The third-order valence-corrected chi connectivity index (χ3v) is 4.82. The molecule has 26 heavy (non-hydrogen) atoms. The van der Waals surface area contributed by atoms with Crippen LogP contribution in [0.15, 0.2) is 37.1 Å². The number of halogens is 1. The van der Waals surface area contributed by atoms with E-state index in [1.807, 2.05) is 24.0 Å². The maximum atomic E-state index is 4.56. The first-order valence-electron chi connectivity index (χ1n) is 8.29. The van der Waals surface area contributed by atoms with Gasteiger partial charge in [-0.1, -0.05) is 0 Å². The van der Waals surface area contributed by atoms with E-state index in [4.69, 9.17) is 0 Å². The highest BCUT2D eigenvalue weighted by Crippen LogP contribution is 2.32. The van der Waals surface area contributed by atoms with Gasteiger partial charge in [-0.25, -0.2) is 9.97 Å². The van der Waals surface area contributed by atoms with Crippen LogP contribution in [0.5, 0.6) is 0 Å². The van der Waals surface area contributed by atoms with Gasteiger partial charge in [0, 0.05) is 55.9 Å². The molecule has 4 aromatic rings. The molecular weight excluding hydrogens is 352 g/mol. The first-order valence-corrected chi connectivity index (χ1v) is 8.29. The molecule has 0 radical (unpaired) electrons. The molecule has 0 saturated heterocycles. The minimum atomic E-state index is 0. The Hall–Kier alpha value is -2.71. The Kier molecular flexibility index (Phi) is 4.21. The second-order valence-electron chi connectivity index (χ2n) is 6.51. The molecule has 9 heteroatoms. The van der Waals surface area contributed by atoms with Crippen molar-refractivity contribution in [3.63, 3.8) is 0 Å². The number of hydrogen-bond acceptors (Lipinski definition) is 5. The van der Waals surface area contributed by atoms with Gasteiger partial charge in [0.2, 0.25) is 0 Å². The van der Waals surface area contributed by atoms with Crippen LogP contribution in [-0.2, 0) is 20.1 Å². The topological polar surface area (TPSA) is 91.3 Å². The van der Waals surface area contributed by atoms with E-state index in [1.54, 1.807) is 12.5 Å². The van der Waals surface area contributed by atoms with Gasteiger partial charge < -0.3 is 4.98 Å². The second kappa shape index (κ2) is 6.54. The zero-order valence-electron chi connectivity index (χ0n) is 14.3. The normalized spacial score (nSPS) is 17.2. The fourth-order valence-corrected chi connectivity index (χ4v) is 3.64. The molecule has 1 unspecified atom stereocenters. The van der Waals surface area contributed by atoms with E-state index in [1.165, 1.54) is 11.3 Å². The zero-order valence-corrected chi connectivity index (χ0v) is 15.1. The predicted molar refractivity (Wildman–Crippen MR) is 98.9 cm³/mol. The molecule has 0 aromatic carbocycles.